The van der Waals surface area contributed by atoms with Gasteiger partial charge in [0.05, 0.1) is 6.04 Å². The summed E-state index contributed by atoms with van der Waals surface area (Å²) in [5.41, 5.74) is 2.04. The van der Waals surface area contributed by atoms with Gasteiger partial charge in [0, 0.05) is 16.0 Å². The van der Waals surface area contributed by atoms with Crippen LogP contribution in [0.5, 0.6) is 0 Å². The number of benzene rings is 1. The molecule has 3 rings (SSSR count). The van der Waals surface area contributed by atoms with Crippen LogP contribution in [0.1, 0.15) is 22.0 Å². The van der Waals surface area contributed by atoms with Crippen molar-refractivity contribution in [1.29, 1.82) is 0 Å². The fourth-order valence-electron chi connectivity index (χ4n) is 2.16. The highest BCUT2D eigenvalue weighted by Gasteiger charge is 2.16. The summed E-state index contributed by atoms with van der Waals surface area (Å²) in [5.74, 6) is -0.121. The Morgan fingerprint density at radius 3 is 2.61 bits per heavy atom. The van der Waals surface area contributed by atoms with Crippen molar-refractivity contribution in [1.82, 2.24) is 5.32 Å². The summed E-state index contributed by atoms with van der Waals surface area (Å²) in [5, 5.41) is 9.74. The summed E-state index contributed by atoms with van der Waals surface area (Å²) in [4.78, 5) is 13.4. The Labute approximate surface area is 148 Å². The Kier molecular flexibility index (Phi) is 5.28. The first-order valence-corrected chi connectivity index (χ1v) is 9.22. The molecule has 1 amide bonds. The molecule has 0 aliphatic heterocycles. The van der Waals surface area contributed by atoms with Crippen molar-refractivity contribution in [2.75, 3.05) is 0 Å². The SMILES string of the molecule is O=C(/C=C\c1ccsc1)N[C@@H](c1ccc(Cl)cc1)c1cccs1. The third-order valence-electron chi connectivity index (χ3n) is 3.29. The first-order valence-electron chi connectivity index (χ1n) is 7.02. The van der Waals surface area contributed by atoms with Crippen molar-refractivity contribution in [3.63, 3.8) is 0 Å². The maximum atomic E-state index is 12.3. The number of thiophene rings is 2. The number of rotatable bonds is 5. The molecule has 0 saturated heterocycles. The quantitative estimate of drug-likeness (QED) is 0.608. The van der Waals surface area contributed by atoms with Crippen LogP contribution < -0.4 is 5.32 Å². The number of carbonyl (C=O) groups excluding carboxylic acids is 1. The van der Waals surface area contributed by atoms with Gasteiger partial charge < -0.3 is 5.32 Å². The number of hydrogen-bond acceptors (Lipinski definition) is 3. The van der Waals surface area contributed by atoms with Crippen LogP contribution in [0.25, 0.3) is 6.08 Å². The van der Waals surface area contributed by atoms with Crippen LogP contribution in [0.2, 0.25) is 5.02 Å². The minimum atomic E-state index is -0.174. The van der Waals surface area contributed by atoms with Gasteiger partial charge in [-0.1, -0.05) is 29.8 Å². The van der Waals surface area contributed by atoms with Crippen LogP contribution in [0.4, 0.5) is 0 Å². The van der Waals surface area contributed by atoms with Crippen molar-refractivity contribution in [2.24, 2.45) is 0 Å². The molecule has 0 aliphatic rings. The summed E-state index contributed by atoms with van der Waals surface area (Å²) in [6.07, 6.45) is 3.39. The summed E-state index contributed by atoms with van der Waals surface area (Å²) >= 11 is 9.18. The van der Waals surface area contributed by atoms with Crippen molar-refractivity contribution in [2.45, 2.75) is 6.04 Å². The molecule has 0 radical (unpaired) electrons. The minimum Gasteiger partial charge on any atom is -0.341 e. The second kappa shape index (κ2) is 7.59. The zero-order valence-corrected chi connectivity index (χ0v) is 14.5. The molecule has 1 aromatic carbocycles. The molecule has 1 atom stereocenters. The Bertz CT molecular complexity index is 777. The Hall–Kier alpha value is -1.88. The van der Waals surface area contributed by atoms with Crippen molar-refractivity contribution >= 4 is 46.3 Å². The lowest BCUT2D eigenvalue weighted by Crippen LogP contribution is -2.27. The van der Waals surface area contributed by atoms with Crippen LogP contribution in [0.15, 0.2) is 64.7 Å². The summed E-state index contributed by atoms with van der Waals surface area (Å²) in [6, 6.07) is 13.4. The number of halogens is 1. The van der Waals surface area contributed by atoms with Gasteiger partial charge in [-0.25, -0.2) is 0 Å². The predicted octanol–water partition coefficient (Wildman–Crippen LogP) is 5.38. The fraction of sp³-hybridized carbons (Fsp3) is 0.0556. The molecule has 0 bridgehead atoms. The van der Waals surface area contributed by atoms with E-state index in [1.165, 1.54) is 0 Å². The number of amides is 1. The fourth-order valence-corrected chi connectivity index (χ4v) is 3.72. The van der Waals surface area contributed by atoms with Crippen LogP contribution in [0, 0.1) is 0 Å². The molecule has 0 unspecified atom stereocenters. The highest BCUT2D eigenvalue weighted by Crippen LogP contribution is 2.27. The highest BCUT2D eigenvalue weighted by atomic mass is 35.5. The molecule has 5 heteroatoms. The first-order chi connectivity index (χ1) is 11.2. The lowest BCUT2D eigenvalue weighted by atomic mass is 10.1. The van der Waals surface area contributed by atoms with Crippen molar-refractivity contribution in [3.05, 3.63) is 85.7 Å². The Morgan fingerprint density at radius 1 is 1.13 bits per heavy atom. The Balaban J connectivity index is 1.79. The van der Waals surface area contributed by atoms with Gasteiger partial charge in [-0.15, -0.1) is 11.3 Å². The number of nitrogens with one attached hydrogen (secondary N) is 1. The van der Waals surface area contributed by atoms with E-state index in [1.807, 2.05) is 64.7 Å². The van der Waals surface area contributed by atoms with E-state index in [0.29, 0.717) is 5.02 Å². The van der Waals surface area contributed by atoms with Gasteiger partial charge in [0.15, 0.2) is 0 Å². The molecular weight excluding hydrogens is 346 g/mol. The lowest BCUT2D eigenvalue weighted by molar-refractivity contribution is -0.116. The first kappa shape index (κ1) is 16.0. The topological polar surface area (TPSA) is 29.1 Å². The van der Waals surface area contributed by atoms with Crippen LogP contribution >= 0.6 is 34.3 Å². The van der Waals surface area contributed by atoms with E-state index in [9.17, 15) is 4.79 Å². The maximum Gasteiger partial charge on any atom is 0.244 e. The van der Waals surface area contributed by atoms with E-state index in [0.717, 1.165) is 16.0 Å². The molecular formula is C18H14ClNOS2. The molecule has 116 valence electrons. The van der Waals surface area contributed by atoms with Gasteiger partial charge in [-0.05, 0) is 57.6 Å². The third kappa shape index (κ3) is 4.32. The normalized spacial score (nSPS) is 12.4. The average Bonchev–Trinajstić information content (AvgIpc) is 3.25. The van der Waals surface area contributed by atoms with E-state index in [4.69, 9.17) is 11.6 Å². The molecule has 0 fully saturated rings. The van der Waals surface area contributed by atoms with Gasteiger partial charge in [-0.2, -0.15) is 11.3 Å². The zero-order valence-electron chi connectivity index (χ0n) is 12.1. The zero-order chi connectivity index (χ0) is 16.1. The molecule has 2 aromatic heterocycles. The molecule has 0 saturated carbocycles. The second-order valence-electron chi connectivity index (χ2n) is 4.90. The van der Waals surface area contributed by atoms with Crippen LogP contribution in [-0.2, 0) is 4.79 Å². The van der Waals surface area contributed by atoms with Crippen LogP contribution in [-0.4, -0.2) is 5.91 Å². The molecule has 2 heterocycles. The summed E-state index contributed by atoms with van der Waals surface area (Å²) < 4.78 is 0. The third-order valence-corrected chi connectivity index (χ3v) is 5.18. The predicted molar refractivity (Wildman–Crippen MR) is 99.1 cm³/mol. The number of hydrogen-bond donors (Lipinski definition) is 1. The molecule has 0 spiro atoms. The van der Waals surface area contributed by atoms with Crippen LogP contribution in [0.3, 0.4) is 0 Å². The van der Waals surface area contributed by atoms with Gasteiger partial charge in [0.25, 0.3) is 0 Å². The largest absolute Gasteiger partial charge is 0.341 e. The molecule has 0 aliphatic carbocycles. The molecule has 3 aromatic rings. The second-order valence-corrected chi connectivity index (χ2v) is 7.09. The Morgan fingerprint density at radius 2 is 1.96 bits per heavy atom. The van der Waals surface area contributed by atoms with E-state index >= 15 is 0 Å². The van der Waals surface area contributed by atoms with E-state index in [1.54, 1.807) is 28.7 Å². The summed E-state index contributed by atoms with van der Waals surface area (Å²) in [6.45, 7) is 0. The average molecular weight is 360 g/mol. The molecule has 1 N–H and O–H groups in total. The molecule has 23 heavy (non-hydrogen) atoms. The monoisotopic (exact) mass is 359 g/mol. The molecule has 2 nitrogen and oxygen atoms in total. The maximum absolute atomic E-state index is 12.3. The van der Waals surface area contributed by atoms with E-state index in [-0.39, 0.29) is 11.9 Å². The van der Waals surface area contributed by atoms with E-state index < -0.39 is 0 Å². The van der Waals surface area contributed by atoms with Crippen molar-refractivity contribution in [3.8, 4) is 0 Å². The highest BCUT2D eigenvalue weighted by molar-refractivity contribution is 7.10. The van der Waals surface area contributed by atoms with Gasteiger partial charge in [0.1, 0.15) is 0 Å². The van der Waals surface area contributed by atoms with Gasteiger partial charge in [0.2, 0.25) is 5.91 Å². The van der Waals surface area contributed by atoms with Crippen molar-refractivity contribution < 1.29 is 4.79 Å². The minimum absolute atomic E-state index is 0.121. The van der Waals surface area contributed by atoms with Gasteiger partial charge in [-0.3, -0.25) is 4.79 Å². The van der Waals surface area contributed by atoms with E-state index in [2.05, 4.69) is 5.32 Å². The number of carbonyl (C=O) groups is 1. The standard InChI is InChI=1S/C18H14ClNOS2/c19-15-6-4-14(5-7-15)18(16-2-1-10-23-16)20-17(21)8-3-13-9-11-22-12-13/h1-12,18H,(H,20,21)/b8-3-/t18-/m0/s1. The lowest BCUT2D eigenvalue weighted by Gasteiger charge is -2.17. The smallest absolute Gasteiger partial charge is 0.244 e. The summed E-state index contributed by atoms with van der Waals surface area (Å²) in [7, 11) is 0. The van der Waals surface area contributed by atoms with Gasteiger partial charge >= 0.3 is 0 Å².